The largest absolute Gasteiger partial charge is 0.383 e. The molecule has 1 saturated heterocycles. The molecule has 1 aromatic rings. The Morgan fingerprint density at radius 1 is 1.40 bits per heavy atom. The van der Waals surface area contributed by atoms with Crippen LogP contribution in [0.5, 0.6) is 0 Å². The van der Waals surface area contributed by atoms with Gasteiger partial charge in [0.25, 0.3) is 0 Å². The Morgan fingerprint density at radius 2 is 2.20 bits per heavy atom. The van der Waals surface area contributed by atoms with E-state index in [9.17, 15) is 0 Å². The fraction of sp³-hybridized carbons (Fsp3) is 0.667. The van der Waals surface area contributed by atoms with E-state index in [2.05, 4.69) is 43.3 Å². The molecule has 2 rings (SSSR count). The van der Waals surface area contributed by atoms with E-state index < -0.39 is 0 Å². The molecule has 1 fully saturated rings. The van der Waals surface area contributed by atoms with Gasteiger partial charge in [0, 0.05) is 30.9 Å². The molecule has 4 nitrogen and oxygen atoms in total. The van der Waals surface area contributed by atoms with Crippen LogP contribution in [-0.4, -0.2) is 49.8 Å². The number of ether oxygens (including phenoxy) is 1. The average molecular weight is 342 g/mol. The van der Waals surface area contributed by atoms with E-state index in [1.807, 2.05) is 6.20 Å². The minimum Gasteiger partial charge on any atom is -0.383 e. The lowest BCUT2D eigenvalue weighted by atomic mass is 9.96. The number of hydrogen-bond acceptors (Lipinski definition) is 4. The molecule has 0 aromatic carbocycles. The van der Waals surface area contributed by atoms with Crippen LogP contribution in [0.2, 0.25) is 0 Å². The molecule has 2 heterocycles. The second-order valence-electron chi connectivity index (χ2n) is 5.38. The predicted molar refractivity (Wildman–Crippen MR) is 84.7 cm³/mol. The summed E-state index contributed by atoms with van der Waals surface area (Å²) >= 11 is 3.42. The first-order valence-corrected chi connectivity index (χ1v) is 8.09. The zero-order valence-electron chi connectivity index (χ0n) is 12.1. The van der Waals surface area contributed by atoms with Crippen LogP contribution in [0, 0.1) is 5.92 Å². The van der Waals surface area contributed by atoms with Gasteiger partial charge in [-0.15, -0.1) is 0 Å². The van der Waals surface area contributed by atoms with Crippen molar-refractivity contribution in [3.63, 3.8) is 0 Å². The lowest BCUT2D eigenvalue weighted by Crippen LogP contribution is -2.37. The van der Waals surface area contributed by atoms with E-state index in [-0.39, 0.29) is 0 Å². The average Bonchev–Trinajstić information content (AvgIpc) is 2.48. The van der Waals surface area contributed by atoms with Crippen LogP contribution in [0.4, 0.5) is 0 Å². The Kier molecular flexibility index (Phi) is 6.93. The second kappa shape index (κ2) is 8.72. The third-order valence-electron chi connectivity index (χ3n) is 3.80. The maximum absolute atomic E-state index is 5.04. The molecule has 0 unspecified atom stereocenters. The molecular weight excluding hydrogens is 318 g/mol. The summed E-state index contributed by atoms with van der Waals surface area (Å²) in [5.74, 6) is 0.806. The number of rotatable bonds is 7. The number of nitrogens with zero attached hydrogens (tertiary/aromatic N) is 2. The zero-order valence-corrected chi connectivity index (χ0v) is 13.7. The summed E-state index contributed by atoms with van der Waals surface area (Å²) in [7, 11) is 1.75. The summed E-state index contributed by atoms with van der Waals surface area (Å²) in [4.78, 5) is 6.95. The van der Waals surface area contributed by atoms with Gasteiger partial charge in [0.05, 0.1) is 12.3 Å². The van der Waals surface area contributed by atoms with Crippen LogP contribution in [-0.2, 0) is 11.3 Å². The molecule has 0 amide bonds. The monoisotopic (exact) mass is 341 g/mol. The van der Waals surface area contributed by atoms with Gasteiger partial charge in [0.15, 0.2) is 0 Å². The minimum atomic E-state index is 0.800. The number of methoxy groups -OCH3 is 1. The van der Waals surface area contributed by atoms with Crippen LogP contribution in [0.15, 0.2) is 22.8 Å². The van der Waals surface area contributed by atoms with Gasteiger partial charge in [-0.2, -0.15) is 0 Å². The van der Waals surface area contributed by atoms with E-state index in [1.54, 1.807) is 7.11 Å². The van der Waals surface area contributed by atoms with Gasteiger partial charge in [-0.05, 0) is 66.5 Å². The minimum absolute atomic E-state index is 0.800. The van der Waals surface area contributed by atoms with Crippen molar-refractivity contribution in [3.8, 4) is 0 Å². The van der Waals surface area contributed by atoms with Gasteiger partial charge < -0.3 is 10.1 Å². The molecule has 1 aliphatic rings. The first kappa shape index (κ1) is 15.9. The van der Waals surface area contributed by atoms with Gasteiger partial charge >= 0.3 is 0 Å². The molecule has 0 bridgehead atoms. The first-order valence-electron chi connectivity index (χ1n) is 7.30. The molecule has 0 atom stereocenters. The van der Waals surface area contributed by atoms with E-state index in [4.69, 9.17) is 4.74 Å². The van der Waals surface area contributed by atoms with Crippen molar-refractivity contribution in [1.82, 2.24) is 15.2 Å². The van der Waals surface area contributed by atoms with Crippen molar-refractivity contribution in [2.75, 3.05) is 39.9 Å². The molecule has 1 N–H and O–H groups in total. The maximum atomic E-state index is 5.04. The Labute approximate surface area is 130 Å². The lowest BCUT2D eigenvalue weighted by Gasteiger charge is -2.31. The maximum Gasteiger partial charge on any atom is 0.0587 e. The topological polar surface area (TPSA) is 37.4 Å². The van der Waals surface area contributed by atoms with Crippen molar-refractivity contribution < 1.29 is 4.74 Å². The molecule has 20 heavy (non-hydrogen) atoms. The summed E-state index contributed by atoms with van der Waals surface area (Å²) in [5.41, 5.74) is 1.16. The Balaban J connectivity index is 1.65. The van der Waals surface area contributed by atoms with Gasteiger partial charge in [0.2, 0.25) is 0 Å². The summed E-state index contributed by atoms with van der Waals surface area (Å²) < 4.78 is 6.09. The number of piperidine rings is 1. The highest BCUT2D eigenvalue weighted by atomic mass is 79.9. The summed E-state index contributed by atoms with van der Waals surface area (Å²) in [5, 5.41) is 3.47. The summed E-state index contributed by atoms with van der Waals surface area (Å²) in [6, 6.07) is 4.16. The molecule has 0 spiro atoms. The SMILES string of the molecule is COCCNCC1CCN(Cc2ccc(Br)cn2)CC1. The smallest absolute Gasteiger partial charge is 0.0587 e. The number of nitrogens with one attached hydrogen (secondary N) is 1. The van der Waals surface area contributed by atoms with Gasteiger partial charge in [-0.3, -0.25) is 9.88 Å². The first-order chi connectivity index (χ1) is 9.78. The molecule has 0 radical (unpaired) electrons. The molecule has 1 aromatic heterocycles. The van der Waals surface area contributed by atoms with Crippen LogP contribution in [0.25, 0.3) is 0 Å². The third-order valence-corrected chi connectivity index (χ3v) is 4.27. The molecule has 1 aliphatic heterocycles. The molecule has 0 saturated carbocycles. The third kappa shape index (κ3) is 5.48. The number of halogens is 1. The van der Waals surface area contributed by atoms with Gasteiger partial charge in [-0.1, -0.05) is 0 Å². The Hall–Kier alpha value is -0.490. The van der Waals surface area contributed by atoms with Crippen LogP contribution in [0.3, 0.4) is 0 Å². The molecule has 112 valence electrons. The van der Waals surface area contributed by atoms with Crippen LogP contribution >= 0.6 is 15.9 Å². The van der Waals surface area contributed by atoms with E-state index >= 15 is 0 Å². The molecule has 5 heteroatoms. The number of hydrogen-bond donors (Lipinski definition) is 1. The number of aromatic nitrogens is 1. The quantitative estimate of drug-likeness (QED) is 0.772. The van der Waals surface area contributed by atoms with E-state index in [1.165, 1.54) is 25.9 Å². The Morgan fingerprint density at radius 3 is 2.85 bits per heavy atom. The van der Waals surface area contributed by atoms with Crippen molar-refractivity contribution in [2.45, 2.75) is 19.4 Å². The standard InChI is InChI=1S/C15H24BrN3O/c1-20-9-6-17-10-13-4-7-19(8-5-13)12-15-3-2-14(16)11-18-15/h2-3,11,13,17H,4-10,12H2,1H3. The van der Waals surface area contributed by atoms with Crippen molar-refractivity contribution >= 4 is 15.9 Å². The fourth-order valence-electron chi connectivity index (χ4n) is 2.56. The van der Waals surface area contributed by atoms with Crippen LogP contribution < -0.4 is 5.32 Å². The van der Waals surface area contributed by atoms with E-state index in [0.717, 1.165) is 42.3 Å². The molecule has 0 aliphatic carbocycles. The van der Waals surface area contributed by atoms with Crippen molar-refractivity contribution in [3.05, 3.63) is 28.5 Å². The highest BCUT2D eigenvalue weighted by Gasteiger charge is 2.19. The van der Waals surface area contributed by atoms with E-state index in [0.29, 0.717) is 0 Å². The summed E-state index contributed by atoms with van der Waals surface area (Å²) in [6.45, 7) is 6.20. The molecular formula is C15H24BrN3O. The van der Waals surface area contributed by atoms with Crippen molar-refractivity contribution in [1.29, 1.82) is 0 Å². The normalized spacial score (nSPS) is 17.5. The van der Waals surface area contributed by atoms with Gasteiger partial charge in [-0.25, -0.2) is 0 Å². The predicted octanol–water partition coefficient (Wildman–Crippen LogP) is 2.29. The fourth-order valence-corrected chi connectivity index (χ4v) is 2.79. The summed E-state index contributed by atoms with van der Waals surface area (Å²) in [6.07, 6.45) is 4.43. The lowest BCUT2D eigenvalue weighted by molar-refractivity contribution is 0.167. The number of likely N-dealkylation sites (tertiary alicyclic amines) is 1. The second-order valence-corrected chi connectivity index (χ2v) is 6.30. The number of pyridine rings is 1. The zero-order chi connectivity index (χ0) is 14.2. The highest BCUT2D eigenvalue weighted by molar-refractivity contribution is 9.10. The highest BCUT2D eigenvalue weighted by Crippen LogP contribution is 2.18. The van der Waals surface area contributed by atoms with Crippen molar-refractivity contribution in [2.24, 2.45) is 5.92 Å². The van der Waals surface area contributed by atoms with Crippen LogP contribution in [0.1, 0.15) is 18.5 Å². The van der Waals surface area contributed by atoms with Gasteiger partial charge in [0.1, 0.15) is 0 Å². The Bertz CT molecular complexity index is 377.